The minimum absolute atomic E-state index is 0.0139. The molecule has 2 aliphatic heterocycles. The van der Waals surface area contributed by atoms with Gasteiger partial charge >= 0.3 is 0 Å². The van der Waals surface area contributed by atoms with Gasteiger partial charge in [-0.15, -0.1) is 0 Å². The number of hydrogen-bond donors (Lipinski definition) is 1. The molecule has 2 fully saturated rings. The molecule has 0 spiro atoms. The van der Waals surface area contributed by atoms with E-state index in [9.17, 15) is 4.79 Å². The van der Waals surface area contributed by atoms with E-state index in [0.29, 0.717) is 24.5 Å². The van der Waals surface area contributed by atoms with Gasteiger partial charge in [0.1, 0.15) is 0 Å². The van der Waals surface area contributed by atoms with Crippen molar-refractivity contribution in [1.82, 2.24) is 5.32 Å². The van der Waals surface area contributed by atoms with Crippen LogP contribution in [-0.2, 0) is 9.53 Å². The lowest BCUT2D eigenvalue weighted by Crippen LogP contribution is -2.45. The van der Waals surface area contributed by atoms with Crippen molar-refractivity contribution in [2.24, 2.45) is 5.92 Å². The van der Waals surface area contributed by atoms with Gasteiger partial charge in [-0.05, 0) is 44.9 Å². The number of amides is 1. The molecule has 98 valence electrons. The number of hydrogen-bond acceptors (Lipinski definition) is 2. The van der Waals surface area contributed by atoms with Crippen LogP contribution in [0.3, 0.4) is 0 Å². The lowest BCUT2D eigenvalue weighted by atomic mass is 9.82. The number of ether oxygens (including phenoxy) is 1. The Hall–Kier alpha value is -0.570. The topological polar surface area (TPSA) is 38.3 Å². The van der Waals surface area contributed by atoms with Gasteiger partial charge in [-0.2, -0.15) is 0 Å². The average molecular weight is 239 g/mol. The highest BCUT2D eigenvalue weighted by Gasteiger charge is 2.41. The van der Waals surface area contributed by atoms with Crippen molar-refractivity contribution in [2.75, 3.05) is 0 Å². The largest absolute Gasteiger partial charge is 0.375 e. The Morgan fingerprint density at radius 1 is 1.47 bits per heavy atom. The molecule has 17 heavy (non-hydrogen) atoms. The second kappa shape index (κ2) is 4.97. The molecular weight excluding hydrogens is 214 g/mol. The summed E-state index contributed by atoms with van der Waals surface area (Å²) in [6, 6.07) is 0. The van der Waals surface area contributed by atoms with Crippen molar-refractivity contribution in [3.63, 3.8) is 0 Å². The number of rotatable bonds is 4. The molecule has 3 heteroatoms. The van der Waals surface area contributed by atoms with Crippen molar-refractivity contribution in [3.05, 3.63) is 0 Å². The van der Waals surface area contributed by atoms with Crippen molar-refractivity contribution in [3.8, 4) is 0 Å². The van der Waals surface area contributed by atoms with E-state index < -0.39 is 0 Å². The quantitative estimate of drug-likeness (QED) is 0.819. The molecule has 2 saturated heterocycles. The molecule has 0 bridgehead atoms. The monoisotopic (exact) mass is 239 g/mol. The molecule has 3 unspecified atom stereocenters. The van der Waals surface area contributed by atoms with Gasteiger partial charge in [-0.3, -0.25) is 4.79 Å². The van der Waals surface area contributed by atoms with Crippen LogP contribution in [-0.4, -0.2) is 23.7 Å². The highest BCUT2D eigenvalue weighted by molar-refractivity contribution is 5.79. The predicted octanol–water partition coefficient (Wildman–Crippen LogP) is 2.64. The third-order valence-corrected chi connectivity index (χ3v) is 3.97. The van der Waals surface area contributed by atoms with Crippen LogP contribution < -0.4 is 5.32 Å². The van der Waals surface area contributed by atoms with Crippen LogP contribution in [0, 0.1) is 5.92 Å². The van der Waals surface area contributed by atoms with Gasteiger partial charge in [0.2, 0.25) is 5.91 Å². The maximum absolute atomic E-state index is 11.5. The Kier molecular flexibility index (Phi) is 3.76. The molecule has 2 rings (SSSR count). The number of nitrogens with one attached hydrogen (secondary N) is 1. The molecule has 1 N–H and O–H groups in total. The van der Waals surface area contributed by atoms with E-state index >= 15 is 0 Å². The molecule has 0 radical (unpaired) electrons. The fourth-order valence-electron chi connectivity index (χ4n) is 3.42. The summed E-state index contributed by atoms with van der Waals surface area (Å²) in [7, 11) is 0. The number of carbonyl (C=O) groups is 1. The van der Waals surface area contributed by atoms with Crippen LogP contribution in [0.5, 0.6) is 0 Å². The van der Waals surface area contributed by atoms with Gasteiger partial charge in [-0.1, -0.05) is 13.8 Å². The molecule has 0 aliphatic carbocycles. The summed E-state index contributed by atoms with van der Waals surface area (Å²) in [5.41, 5.74) is 0.0139. The smallest absolute Gasteiger partial charge is 0.220 e. The molecule has 0 aromatic carbocycles. The average Bonchev–Trinajstić information content (AvgIpc) is 2.74. The van der Waals surface area contributed by atoms with E-state index in [1.165, 1.54) is 0 Å². The predicted molar refractivity (Wildman–Crippen MR) is 67.7 cm³/mol. The maximum Gasteiger partial charge on any atom is 0.220 e. The standard InChI is InChI=1S/C14H25NO2/c1-10(2)8-14(7-6-13(16)15-14)9-12-5-4-11(3)17-12/h10-12H,4-9H2,1-3H3,(H,15,16). The van der Waals surface area contributed by atoms with E-state index in [4.69, 9.17) is 4.74 Å². The van der Waals surface area contributed by atoms with E-state index in [0.717, 1.165) is 32.1 Å². The van der Waals surface area contributed by atoms with Crippen LogP contribution in [0.2, 0.25) is 0 Å². The first kappa shape index (κ1) is 12.9. The molecule has 3 atom stereocenters. The van der Waals surface area contributed by atoms with Gasteiger partial charge in [-0.25, -0.2) is 0 Å². The number of carbonyl (C=O) groups excluding carboxylic acids is 1. The highest BCUT2D eigenvalue weighted by atomic mass is 16.5. The first-order valence-corrected chi connectivity index (χ1v) is 6.95. The fourth-order valence-corrected chi connectivity index (χ4v) is 3.42. The normalized spacial score (nSPS) is 37.8. The second-order valence-corrected chi connectivity index (χ2v) is 6.28. The Labute approximate surface area is 104 Å². The lowest BCUT2D eigenvalue weighted by Gasteiger charge is -2.33. The van der Waals surface area contributed by atoms with Crippen molar-refractivity contribution < 1.29 is 9.53 Å². The van der Waals surface area contributed by atoms with Crippen molar-refractivity contribution in [2.45, 2.75) is 77.0 Å². The molecule has 3 nitrogen and oxygen atoms in total. The minimum atomic E-state index is 0.0139. The van der Waals surface area contributed by atoms with Crippen LogP contribution in [0.4, 0.5) is 0 Å². The summed E-state index contributed by atoms with van der Waals surface area (Å²) in [5.74, 6) is 0.837. The minimum Gasteiger partial charge on any atom is -0.375 e. The van der Waals surface area contributed by atoms with Gasteiger partial charge in [0.15, 0.2) is 0 Å². The molecule has 0 aromatic heterocycles. The Morgan fingerprint density at radius 3 is 2.71 bits per heavy atom. The second-order valence-electron chi connectivity index (χ2n) is 6.28. The van der Waals surface area contributed by atoms with Crippen molar-refractivity contribution >= 4 is 5.91 Å². The summed E-state index contributed by atoms with van der Waals surface area (Å²) in [6.07, 6.45) is 6.81. The third-order valence-electron chi connectivity index (χ3n) is 3.97. The zero-order chi connectivity index (χ0) is 12.5. The summed E-state index contributed by atoms with van der Waals surface area (Å²) >= 11 is 0. The van der Waals surface area contributed by atoms with Gasteiger partial charge in [0.25, 0.3) is 0 Å². The molecule has 1 amide bonds. The van der Waals surface area contributed by atoms with Crippen LogP contribution >= 0.6 is 0 Å². The lowest BCUT2D eigenvalue weighted by molar-refractivity contribution is -0.120. The van der Waals surface area contributed by atoms with Crippen LogP contribution in [0.25, 0.3) is 0 Å². The summed E-state index contributed by atoms with van der Waals surface area (Å²) < 4.78 is 5.91. The molecular formula is C14H25NO2. The Bertz CT molecular complexity index is 290. The highest BCUT2D eigenvalue weighted by Crippen LogP contribution is 2.35. The zero-order valence-electron chi connectivity index (χ0n) is 11.3. The summed E-state index contributed by atoms with van der Waals surface area (Å²) in [6.45, 7) is 6.59. The van der Waals surface area contributed by atoms with Gasteiger partial charge in [0.05, 0.1) is 12.2 Å². The van der Waals surface area contributed by atoms with E-state index in [-0.39, 0.29) is 11.4 Å². The molecule has 0 saturated carbocycles. The van der Waals surface area contributed by atoms with E-state index in [2.05, 4.69) is 26.1 Å². The molecule has 2 aliphatic rings. The SMILES string of the molecule is CC(C)CC1(CC2CCC(C)O2)CCC(=O)N1. The fraction of sp³-hybridized carbons (Fsp3) is 0.929. The molecule has 0 aromatic rings. The van der Waals surface area contributed by atoms with E-state index in [1.807, 2.05) is 0 Å². The molecule has 2 heterocycles. The van der Waals surface area contributed by atoms with Gasteiger partial charge < -0.3 is 10.1 Å². The Balaban J connectivity index is 1.98. The van der Waals surface area contributed by atoms with Gasteiger partial charge in [0, 0.05) is 12.0 Å². The van der Waals surface area contributed by atoms with Crippen LogP contribution in [0.15, 0.2) is 0 Å². The zero-order valence-corrected chi connectivity index (χ0v) is 11.3. The van der Waals surface area contributed by atoms with E-state index in [1.54, 1.807) is 0 Å². The van der Waals surface area contributed by atoms with Crippen molar-refractivity contribution in [1.29, 1.82) is 0 Å². The Morgan fingerprint density at radius 2 is 2.24 bits per heavy atom. The first-order chi connectivity index (χ1) is 7.99. The third kappa shape index (κ3) is 3.21. The summed E-state index contributed by atoms with van der Waals surface area (Å²) in [5, 5.41) is 3.22. The van der Waals surface area contributed by atoms with Crippen LogP contribution in [0.1, 0.15) is 59.3 Å². The summed E-state index contributed by atoms with van der Waals surface area (Å²) in [4.78, 5) is 11.5. The first-order valence-electron chi connectivity index (χ1n) is 6.95. The maximum atomic E-state index is 11.5.